The van der Waals surface area contributed by atoms with Gasteiger partial charge in [-0.05, 0) is 54.7 Å². The van der Waals surface area contributed by atoms with E-state index in [1.807, 2.05) is 24.3 Å². The summed E-state index contributed by atoms with van der Waals surface area (Å²) in [6.07, 6.45) is 4.49. The van der Waals surface area contributed by atoms with Gasteiger partial charge in [0.1, 0.15) is 0 Å². The van der Waals surface area contributed by atoms with Crippen LogP contribution in [0.2, 0.25) is 0 Å². The standard InChI is InChI=1S/C19H20BrNO3S/c1-25(23,24)17-7-3-6-15(12-17)19(22)21-18(13-4-2-5-13)14-8-10-16(20)11-9-14/h3,6-13,18H,2,4-5H2,1H3,(H,21,22). The largest absolute Gasteiger partial charge is 0.345 e. The molecule has 0 aromatic heterocycles. The van der Waals surface area contributed by atoms with Gasteiger partial charge < -0.3 is 5.32 Å². The van der Waals surface area contributed by atoms with Crippen LogP contribution in [0.25, 0.3) is 0 Å². The Labute approximate surface area is 156 Å². The summed E-state index contributed by atoms with van der Waals surface area (Å²) >= 11 is 3.43. The van der Waals surface area contributed by atoms with Gasteiger partial charge in [-0.25, -0.2) is 8.42 Å². The number of benzene rings is 2. The van der Waals surface area contributed by atoms with Crippen molar-refractivity contribution in [3.05, 3.63) is 64.1 Å². The summed E-state index contributed by atoms with van der Waals surface area (Å²) in [7, 11) is -3.34. The number of hydrogen-bond donors (Lipinski definition) is 1. The van der Waals surface area contributed by atoms with Crippen LogP contribution in [0.4, 0.5) is 0 Å². The van der Waals surface area contributed by atoms with E-state index in [1.54, 1.807) is 12.1 Å². The second-order valence-corrected chi connectivity index (χ2v) is 9.43. The molecule has 1 amide bonds. The van der Waals surface area contributed by atoms with Crippen molar-refractivity contribution in [2.45, 2.75) is 30.2 Å². The molecule has 2 aromatic rings. The fraction of sp³-hybridized carbons (Fsp3) is 0.316. The van der Waals surface area contributed by atoms with E-state index < -0.39 is 9.84 Å². The average molecular weight is 422 g/mol. The first kappa shape index (κ1) is 18.1. The lowest BCUT2D eigenvalue weighted by Crippen LogP contribution is -2.36. The van der Waals surface area contributed by atoms with Crippen LogP contribution < -0.4 is 5.32 Å². The summed E-state index contributed by atoms with van der Waals surface area (Å²) < 4.78 is 24.4. The lowest BCUT2D eigenvalue weighted by atomic mass is 9.77. The number of nitrogens with one attached hydrogen (secondary N) is 1. The average Bonchev–Trinajstić information content (AvgIpc) is 2.52. The van der Waals surface area contributed by atoms with Crippen molar-refractivity contribution in [1.82, 2.24) is 5.32 Å². The lowest BCUT2D eigenvalue weighted by molar-refractivity contribution is 0.0900. The van der Waals surface area contributed by atoms with Gasteiger partial charge in [0, 0.05) is 16.3 Å². The van der Waals surface area contributed by atoms with Crippen molar-refractivity contribution >= 4 is 31.7 Å². The highest BCUT2D eigenvalue weighted by Crippen LogP contribution is 2.38. The van der Waals surface area contributed by atoms with Crippen molar-refractivity contribution in [2.75, 3.05) is 6.26 Å². The van der Waals surface area contributed by atoms with Crippen LogP contribution in [0.1, 0.15) is 41.2 Å². The molecule has 1 aliphatic carbocycles. The lowest BCUT2D eigenvalue weighted by Gasteiger charge is -2.34. The van der Waals surface area contributed by atoms with E-state index in [0.29, 0.717) is 11.5 Å². The molecule has 1 saturated carbocycles. The van der Waals surface area contributed by atoms with E-state index in [1.165, 1.54) is 18.6 Å². The minimum Gasteiger partial charge on any atom is -0.345 e. The Morgan fingerprint density at radius 1 is 1.16 bits per heavy atom. The number of sulfone groups is 1. The van der Waals surface area contributed by atoms with E-state index in [-0.39, 0.29) is 16.8 Å². The van der Waals surface area contributed by atoms with E-state index in [4.69, 9.17) is 0 Å². The van der Waals surface area contributed by atoms with Crippen LogP contribution in [-0.4, -0.2) is 20.6 Å². The van der Waals surface area contributed by atoms with Crippen molar-refractivity contribution in [2.24, 2.45) is 5.92 Å². The highest BCUT2D eigenvalue weighted by Gasteiger charge is 2.30. The predicted octanol–water partition coefficient (Wildman–Crippen LogP) is 4.12. The molecule has 0 spiro atoms. The molecule has 4 nitrogen and oxygen atoms in total. The van der Waals surface area contributed by atoms with Gasteiger partial charge in [0.25, 0.3) is 5.91 Å². The third-order valence-corrected chi connectivity index (χ3v) is 6.30. The predicted molar refractivity (Wildman–Crippen MR) is 101 cm³/mol. The van der Waals surface area contributed by atoms with Crippen molar-refractivity contribution in [1.29, 1.82) is 0 Å². The van der Waals surface area contributed by atoms with Crippen LogP contribution in [-0.2, 0) is 9.84 Å². The summed E-state index contributed by atoms with van der Waals surface area (Å²) in [5.41, 5.74) is 1.44. The summed E-state index contributed by atoms with van der Waals surface area (Å²) in [6, 6.07) is 14.1. The molecule has 132 valence electrons. The van der Waals surface area contributed by atoms with Gasteiger partial charge in [-0.3, -0.25) is 4.79 Å². The molecule has 1 N–H and O–H groups in total. The minimum absolute atomic E-state index is 0.0590. The van der Waals surface area contributed by atoms with E-state index in [9.17, 15) is 13.2 Å². The highest BCUT2D eigenvalue weighted by atomic mass is 79.9. The number of carbonyl (C=O) groups excluding carboxylic acids is 1. The zero-order valence-corrected chi connectivity index (χ0v) is 16.3. The second-order valence-electron chi connectivity index (χ2n) is 6.49. The quantitative estimate of drug-likeness (QED) is 0.789. The summed E-state index contributed by atoms with van der Waals surface area (Å²) in [5, 5.41) is 3.10. The van der Waals surface area contributed by atoms with Gasteiger partial charge in [0.2, 0.25) is 0 Å². The van der Waals surface area contributed by atoms with Gasteiger partial charge in [-0.1, -0.05) is 40.5 Å². The zero-order valence-electron chi connectivity index (χ0n) is 13.9. The zero-order chi connectivity index (χ0) is 18.0. The van der Waals surface area contributed by atoms with E-state index >= 15 is 0 Å². The molecule has 6 heteroatoms. The molecular formula is C19H20BrNO3S. The van der Waals surface area contributed by atoms with Gasteiger partial charge >= 0.3 is 0 Å². The van der Waals surface area contributed by atoms with Crippen molar-refractivity contribution in [3.63, 3.8) is 0 Å². The Kier molecular flexibility index (Phi) is 5.29. The second kappa shape index (κ2) is 7.30. The van der Waals surface area contributed by atoms with Crippen molar-refractivity contribution in [3.8, 4) is 0 Å². The Hall–Kier alpha value is -1.66. The maximum Gasteiger partial charge on any atom is 0.251 e. The molecule has 25 heavy (non-hydrogen) atoms. The third-order valence-electron chi connectivity index (χ3n) is 4.66. The maximum absolute atomic E-state index is 12.7. The van der Waals surface area contributed by atoms with Crippen LogP contribution >= 0.6 is 15.9 Å². The normalized spacial score (nSPS) is 16.1. The SMILES string of the molecule is CS(=O)(=O)c1cccc(C(=O)NC(c2ccc(Br)cc2)C2CCC2)c1. The molecule has 0 bridgehead atoms. The monoisotopic (exact) mass is 421 g/mol. The summed E-state index contributed by atoms with van der Waals surface area (Å²) in [4.78, 5) is 12.9. The molecule has 2 aromatic carbocycles. The summed E-state index contributed by atoms with van der Waals surface area (Å²) in [6.45, 7) is 0. The highest BCUT2D eigenvalue weighted by molar-refractivity contribution is 9.10. The Bertz CT molecular complexity index is 874. The van der Waals surface area contributed by atoms with Crippen LogP contribution in [0.3, 0.4) is 0 Å². The number of halogens is 1. The van der Waals surface area contributed by atoms with E-state index in [2.05, 4.69) is 21.2 Å². The van der Waals surface area contributed by atoms with Gasteiger partial charge in [-0.15, -0.1) is 0 Å². The first-order valence-corrected chi connectivity index (χ1v) is 10.9. The molecule has 1 fully saturated rings. The number of hydrogen-bond acceptors (Lipinski definition) is 3. The van der Waals surface area contributed by atoms with Crippen molar-refractivity contribution < 1.29 is 13.2 Å². The fourth-order valence-corrected chi connectivity index (χ4v) is 3.94. The summed E-state index contributed by atoms with van der Waals surface area (Å²) in [5.74, 6) is 0.175. The van der Waals surface area contributed by atoms with Gasteiger partial charge in [-0.2, -0.15) is 0 Å². The number of rotatable bonds is 5. The molecular weight excluding hydrogens is 402 g/mol. The molecule has 0 radical (unpaired) electrons. The van der Waals surface area contributed by atoms with Gasteiger partial charge in [0.05, 0.1) is 10.9 Å². The Morgan fingerprint density at radius 3 is 2.40 bits per heavy atom. The van der Waals surface area contributed by atoms with E-state index in [0.717, 1.165) is 29.1 Å². The van der Waals surface area contributed by atoms with Crippen LogP contribution in [0.15, 0.2) is 57.9 Å². The number of carbonyl (C=O) groups is 1. The molecule has 0 heterocycles. The molecule has 1 unspecified atom stereocenters. The first-order valence-electron chi connectivity index (χ1n) is 8.21. The third kappa shape index (κ3) is 4.30. The minimum atomic E-state index is -3.34. The van der Waals surface area contributed by atoms with Crippen LogP contribution in [0.5, 0.6) is 0 Å². The first-order chi connectivity index (χ1) is 11.8. The molecule has 0 saturated heterocycles. The Morgan fingerprint density at radius 2 is 1.84 bits per heavy atom. The molecule has 1 atom stereocenters. The fourth-order valence-electron chi connectivity index (χ4n) is 3.01. The topological polar surface area (TPSA) is 63.2 Å². The molecule has 1 aliphatic rings. The molecule has 0 aliphatic heterocycles. The number of amides is 1. The smallest absolute Gasteiger partial charge is 0.251 e. The Balaban J connectivity index is 1.84. The maximum atomic E-state index is 12.7. The molecule has 3 rings (SSSR count). The van der Waals surface area contributed by atoms with Gasteiger partial charge in [0.15, 0.2) is 9.84 Å². The van der Waals surface area contributed by atoms with Crippen LogP contribution in [0, 0.1) is 5.92 Å².